The van der Waals surface area contributed by atoms with Crippen LogP contribution in [-0.2, 0) is 9.84 Å². The van der Waals surface area contributed by atoms with Crippen molar-refractivity contribution >= 4 is 21.2 Å². The molecule has 0 aliphatic rings. The Labute approximate surface area is 90.9 Å². The SMILES string of the molecule is CC.Cc1ccc(S(=O)(=O)C(C)C)s1. The fourth-order valence-corrected chi connectivity index (χ4v) is 3.55. The first-order valence-electron chi connectivity index (χ1n) is 4.75. The summed E-state index contributed by atoms with van der Waals surface area (Å²) in [6.07, 6.45) is 0. The predicted molar refractivity (Wildman–Crippen MR) is 62.7 cm³/mol. The number of aryl methyl sites for hydroxylation is 1. The van der Waals surface area contributed by atoms with Gasteiger partial charge in [0.05, 0.1) is 5.25 Å². The first-order chi connectivity index (χ1) is 6.44. The lowest BCUT2D eigenvalue weighted by Gasteiger charge is -2.03. The molecule has 0 saturated heterocycles. The molecule has 1 rings (SSSR count). The van der Waals surface area contributed by atoms with Crippen molar-refractivity contribution in [2.24, 2.45) is 0 Å². The molecule has 1 heterocycles. The molecule has 0 bridgehead atoms. The van der Waals surface area contributed by atoms with Crippen molar-refractivity contribution in [2.45, 2.75) is 44.1 Å². The molecule has 1 aromatic rings. The number of hydrogen-bond acceptors (Lipinski definition) is 3. The van der Waals surface area contributed by atoms with Gasteiger partial charge in [-0.1, -0.05) is 13.8 Å². The Kier molecular flexibility index (Phi) is 5.37. The van der Waals surface area contributed by atoms with Gasteiger partial charge in [0.25, 0.3) is 0 Å². The summed E-state index contributed by atoms with van der Waals surface area (Å²) in [6.45, 7) is 9.30. The topological polar surface area (TPSA) is 34.1 Å². The lowest BCUT2D eigenvalue weighted by Crippen LogP contribution is -2.12. The van der Waals surface area contributed by atoms with Crippen LogP contribution >= 0.6 is 11.3 Å². The maximum absolute atomic E-state index is 11.6. The molecular formula is C10H18O2S2. The summed E-state index contributed by atoms with van der Waals surface area (Å²) in [4.78, 5) is 1.04. The highest BCUT2D eigenvalue weighted by Crippen LogP contribution is 2.24. The van der Waals surface area contributed by atoms with Crippen molar-refractivity contribution in [3.63, 3.8) is 0 Å². The van der Waals surface area contributed by atoms with E-state index in [4.69, 9.17) is 0 Å². The summed E-state index contributed by atoms with van der Waals surface area (Å²) >= 11 is 1.34. The largest absolute Gasteiger partial charge is 0.223 e. The van der Waals surface area contributed by atoms with Crippen LogP contribution in [0.4, 0.5) is 0 Å². The van der Waals surface area contributed by atoms with Gasteiger partial charge in [-0.25, -0.2) is 8.42 Å². The average Bonchev–Trinajstić information content (AvgIpc) is 2.55. The molecule has 0 radical (unpaired) electrons. The van der Waals surface area contributed by atoms with Gasteiger partial charge in [-0.15, -0.1) is 11.3 Å². The zero-order chi connectivity index (χ0) is 11.4. The Morgan fingerprint density at radius 3 is 2.00 bits per heavy atom. The minimum absolute atomic E-state index is 0.324. The van der Waals surface area contributed by atoms with Crippen LogP contribution in [0.25, 0.3) is 0 Å². The molecule has 0 spiro atoms. The molecule has 1 aromatic heterocycles. The Balaban J connectivity index is 0.000000791. The minimum atomic E-state index is -3.04. The Bertz CT molecular complexity index is 361. The molecule has 2 nitrogen and oxygen atoms in total. The van der Waals surface area contributed by atoms with E-state index in [-0.39, 0.29) is 5.25 Å². The van der Waals surface area contributed by atoms with E-state index >= 15 is 0 Å². The number of rotatable bonds is 2. The highest BCUT2D eigenvalue weighted by atomic mass is 32.2. The van der Waals surface area contributed by atoms with E-state index in [9.17, 15) is 8.42 Å². The Morgan fingerprint density at radius 1 is 1.21 bits per heavy atom. The van der Waals surface area contributed by atoms with Gasteiger partial charge in [-0.2, -0.15) is 0 Å². The highest BCUT2D eigenvalue weighted by molar-refractivity contribution is 7.94. The van der Waals surface area contributed by atoms with E-state index in [1.165, 1.54) is 11.3 Å². The van der Waals surface area contributed by atoms with Crippen LogP contribution in [0.3, 0.4) is 0 Å². The normalized spacial score (nSPS) is 11.0. The van der Waals surface area contributed by atoms with Gasteiger partial charge in [0, 0.05) is 4.88 Å². The number of hydrogen-bond donors (Lipinski definition) is 0. The van der Waals surface area contributed by atoms with Crippen LogP contribution < -0.4 is 0 Å². The standard InChI is InChI=1S/C8H12O2S2.C2H6/c1-6(2)12(9,10)8-5-4-7(3)11-8;1-2/h4-6H,1-3H3;1-2H3. The van der Waals surface area contributed by atoms with E-state index in [0.717, 1.165) is 4.88 Å². The Hall–Kier alpha value is -0.350. The zero-order valence-electron chi connectivity index (χ0n) is 9.37. The molecule has 0 saturated carbocycles. The zero-order valence-corrected chi connectivity index (χ0v) is 11.0. The van der Waals surface area contributed by atoms with Gasteiger partial charge in [-0.05, 0) is 32.9 Å². The minimum Gasteiger partial charge on any atom is -0.223 e. The monoisotopic (exact) mass is 234 g/mol. The second kappa shape index (κ2) is 5.51. The molecule has 4 heteroatoms. The maximum Gasteiger partial charge on any atom is 0.190 e. The third-order valence-electron chi connectivity index (χ3n) is 1.62. The molecule has 0 aromatic carbocycles. The smallest absolute Gasteiger partial charge is 0.190 e. The molecule has 0 aliphatic carbocycles. The van der Waals surface area contributed by atoms with E-state index < -0.39 is 9.84 Å². The van der Waals surface area contributed by atoms with Crippen molar-refractivity contribution in [1.29, 1.82) is 0 Å². The molecule has 0 aliphatic heterocycles. The quantitative estimate of drug-likeness (QED) is 0.787. The highest BCUT2D eigenvalue weighted by Gasteiger charge is 2.20. The molecule has 14 heavy (non-hydrogen) atoms. The van der Waals surface area contributed by atoms with Gasteiger partial charge in [-0.3, -0.25) is 0 Å². The van der Waals surface area contributed by atoms with Crippen molar-refractivity contribution < 1.29 is 8.42 Å². The second-order valence-corrected chi connectivity index (χ2v) is 6.98. The summed E-state index contributed by atoms with van der Waals surface area (Å²) in [6, 6.07) is 3.51. The van der Waals surface area contributed by atoms with Gasteiger partial charge in [0.15, 0.2) is 9.84 Å². The third kappa shape index (κ3) is 3.10. The molecule has 0 N–H and O–H groups in total. The van der Waals surface area contributed by atoms with Crippen LogP contribution in [0, 0.1) is 6.92 Å². The second-order valence-electron chi connectivity index (χ2n) is 2.96. The molecule has 0 fully saturated rings. The van der Waals surface area contributed by atoms with Crippen LogP contribution in [0.5, 0.6) is 0 Å². The van der Waals surface area contributed by atoms with Crippen molar-refractivity contribution in [2.75, 3.05) is 0 Å². The molecular weight excluding hydrogens is 216 g/mol. The van der Waals surface area contributed by atoms with Gasteiger partial charge < -0.3 is 0 Å². The van der Waals surface area contributed by atoms with Crippen molar-refractivity contribution in [3.8, 4) is 0 Å². The summed E-state index contributed by atoms with van der Waals surface area (Å²) < 4.78 is 23.6. The molecule has 0 atom stereocenters. The lowest BCUT2D eigenvalue weighted by atomic mass is 10.5. The Morgan fingerprint density at radius 2 is 1.71 bits per heavy atom. The summed E-state index contributed by atoms with van der Waals surface area (Å²) in [5.41, 5.74) is 0. The first kappa shape index (κ1) is 13.7. The van der Waals surface area contributed by atoms with Gasteiger partial charge >= 0.3 is 0 Å². The summed E-state index contributed by atoms with van der Waals surface area (Å²) in [5, 5.41) is -0.324. The first-order valence-corrected chi connectivity index (χ1v) is 7.11. The van der Waals surface area contributed by atoms with Crippen LogP contribution in [-0.4, -0.2) is 13.7 Å². The van der Waals surface area contributed by atoms with Crippen molar-refractivity contribution in [1.82, 2.24) is 0 Å². The van der Waals surface area contributed by atoms with Crippen molar-refractivity contribution in [3.05, 3.63) is 17.0 Å². The van der Waals surface area contributed by atoms with E-state index in [1.807, 2.05) is 26.8 Å². The molecule has 82 valence electrons. The predicted octanol–water partition coefficient (Wildman–Crippen LogP) is 3.26. The van der Waals surface area contributed by atoms with E-state index in [0.29, 0.717) is 4.21 Å². The molecule has 0 amide bonds. The third-order valence-corrected chi connectivity index (χ3v) is 5.30. The number of sulfone groups is 1. The van der Waals surface area contributed by atoms with Gasteiger partial charge in [0.2, 0.25) is 0 Å². The van der Waals surface area contributed by atoms with E-state index in [1.54, 1.807) is 19.9 Å². The van der Waals surface area contributed by atoms with Gasteiger partial charge in [0.1, 0.15) is 4.21 Å². The lowest BCUT2D eigenvalue weighted by molar-refractivity contribution is 0.589. The maximum atomic E-state index is 11.6. The summed E-state index contributed by atoms with van der Waals surface area (Å²) in [5.74, 6) is 0. The number of thiophene rings is 1. The van der Waals surface area contributed by atoms with E-state index in [2.05, 4.69) is 0 Å². The van der Waals surface area contributed by atoms with Crippen LogP contribution in [0.1, 0.15) is 32.6 Å². The van der Waals surface area contributed by atoms with Crippen LogP contribution in [0.2, 0.25) is 0 Å². The van der Waals surface area contributed by atoms with Crippen LogP contribution in [0.15, 0.2) is 16.3 Å². The fourth-order valence-electron chi connectivity index (χ4n) is 0.797. The average molecular weight is 234 g/mol. The summed E-state index contributed by atoms with van der Waals surface area (Å²) in [7, 11) is -3.04. The molecule has 0 unspecified atom stereocenters. The fraction of sp³-hybridized carbons (Fsp3) is 0.600.